The lowest BCUT2D eigenvalue weighted by molar-refractivity contribution is -0.0437. The van der Waals surface area contributed by atoms with Crippen LogP contribution in [0.15, 0.2) is 30.3 Å². The highest BCUT2D eigenvalue weighted by atomic mass is 32.2. The van der Waals surface area contributed by atoms with E-state index in [0.717, 1.165) is 21.4 Å². The molecule has 92 valence electrons. The average molecular weight is 280 g/mol. The Kier molecular flexibility index (Phi) is 2.90. The van der Waals surface area contributed by atoms with Gasteiger partial charge in [0.15, 0.2) is 0 Å². The van der Waals surface area contributed by atoms with Gasteiger partial charge < -0.3 is 0 Å². The predicted octanol–water partition coefficient (Wildman–Crippen LogP) is 3.34. The molecular weight excluding hydrogens is 273 g/mol. The first-order chi connectivity index (χ1) is 7.79. The fourth-order valence-electron chi connectivity index (χ4n) is 1.38. The maximum atomic E-state index is 12.2. The maximum absolute atomic E-state index is 12.2. The second-order valence-corrected chi connectivity index (χ2v) is 6.60. The van der Waals surface area contributed by atoms with Crippen LogP contribution in [0.3, 0.4) is 0 Å². The minimum atomic E-state index is -5.19. The standard InChI is InChI=1S/C10H7F3O2S2/c11-10(12,13)17(14,15)6-8-5-7-3-1-2-4-9(7)16-8/h1-5H,6H2. The quantitative estimate of drug-likeness (QED) is 0.845. The number of benzene rings is 1. The summed E-state index contributed by atoms with van der Waals surface area (Å²) in [6.07, 6.45) is 0. The molecule has 0 bridgehead atoms. The number of halogens is 3. The minimum Gasteiger partial charge on any atom is -0.219 e. The molecule has 0 aliphatic carbocycles. The molecule has 1 heterocycles. The molecule has 0 aliphatic heterocycles. The highest BCUT2D eigenvalue weighted by Crippen LogP contribution is 2.31. The second kappa shape index (κ2) is 3.99. The summed E-state index contributed by atoms with van der Waals surface area (Å²) in [5.41, 5.74) is -5.19. The summed E-state index contributed by atoms with van der Waals surface area (Å²) in [6.45, 7) is 0. The summed E-state index contributed by atoms with van der Waals surface area (Å²) in [4.78, 5) is 0.198. The highest BCUT2D eigenvalue weighted by Gasteiger charge is 2.45. The largest absolute Gasteiger partial charge is 0.497 e. The Morgan fingerprint density at radius 2 is 1.82 bits per heavy atom. The Hall–Kier alpha value is -1.08. The van der Waals surface area contributed by atoms with Crippen LogP contribution >= 0.6 is 11.3 Å². The summed E-state index contributed by atoms with van der Waals surface area (Å²) in [6, 6.07) is 8.44. The van der Waals surface area contributed by atoms with Gasteiger partial charge in [0.2, 0.25) is 0 Å². The summed E-state index contributed by atoms with van der Waals surface area (Å²) in [7, 11) is -5.09. The van der Waals surface area contributed by atoms with Crippen LogP contribution in [-0.2, 0) is 15.6 Å². The van der Waals surface area contributed by atoms with Crippen LogP contribution in [0.1, 0.15) is 4.88 Å². The van der Waals surface area contributed by atoms with E-state index < -0.39 is 21.1 Å². The van der Waals surface area contributed by atoms with Gasteiger partial charge in [-0.3, -0.25) is 0 Å². The number of sulfone groups is 1. The van der Waals surface area contributed by atoms with Gasteiger partial charge in [-0.1, -0.05) is 18.2 Å². The van der Waals surface area contributed by atoms with E-state index in [4.69, 9.17) is 0 Å². The lowest BCUT2D eigenvalue weighted by Gasteiger charge is -2.05. The fourth-order valence-corrected chi connectivity index (χ4v) is 3.56. The van der Waals surface area contributed by atoms with Gasteiger partial charge in [0.1, 0.15) is 0 Å². The first-order valence-corrected chi connectivity index (χ1v) is 7.03. The van der Waals surface area contributed by atoms with Crippen molar-refractivity contribution in [2.75, 3.05) is 0 Å². The van der Waals surface area contributed by atoms with Crippen molar-refractivity contribution in [3.05, 3.63) is 35.2 Å². The van der Waals surface area contributed by atoms with Gasteiger partial charge in [-0.25, -0.2) is 8.42 Å². The fraction of sp³-hybridized carbons (Fsp3) is 0.200. The third-order valence-electron chi connectivity index (χ3n) is 2.16. The van der Waals surface area contributed by atoms with Crippen LogP contribution < -0.4 is 0 Å². The van der Waals surface area contributed by atoms with E-state index in [0.29, 0.717) is 0 Å². The van der Waals surface area contributed by atoms with E-state index >= 15 is 0 Å². The number of alkyl halides is 3. The molecule has 0 saturated heterocycles. The van der Waals surface area contributed by atoms with Crippen LogP contribution in [-0.4, -0.2) is 13.9 Å². The van der Waals surface area contributed by atoms with Gasteiger partial charge in [-0.2, -0.15) is 13.2 Å². The normalized spacial score (nSPS) is 13.1. The molecule has 0 saturated carbocycles. The molecule has 1 aromatic heterocycles. The summed E-state index contributed by atoms with van der Waals surface area (Å²) < 4.78 is 59.3. The molecule has 0 fully saturated rings. The van der Waals surface area contributed by atoms with Crippen molar-refractivity contribution in [3.63, 3.8) is 0 Å². The third-order valence-corrected chi connectivity index (χ3v) is 4.86. The predicted molar refractivity (Wildman–Crippen MR) is 60.5 cm³/mol. The molecule has 0 amide bonds. The molecule has 0 aliphatic rings. The van der Waals surface area contributed by atoms with Crippen LogP contribution in [0.2, 0.25) is 0 Å². The molecule has 0 N–H and O–H groups in total. The van der Waals surface area contributed by atoms with Gasteiger partial charge in [0, 0.05) is 9.58 Å². The van der Waals surface area contributed by atoms with E-state index in [1.807, 2.05) is 0 Å². The van der Waals surface area contributed by atoms with Crippen molar-refractivity contribution < 1.29 is 21.6 Å². The van der Waals surface area contributed by atoms with E-state index in [1.165, 1.54) is 6.07 Å². The zero-order valence-corrected chi connectivity index (χ0v) is 9.99. The van der Waals surface area contributed by atoms with E-state index in [2.05, 4.69) is 0 Å². The van der Waals surface area contributed by atoms with Gasteiger partial charge in [0.25, 0.3) is 9.84 Å². The van der Waals surface area contributed by atoms with Crippen molar-refractivity contribution in [2.24, 2.45) is 0 Å². The molecule has 0 unspecified atom stereocenters. The number of hydrogen-bond acceptors (Lipinski definition) is 3. The SMILES string of the molecule is O=S(=O)(Cc1cc2ccccc2s1)C(F)(F)F. The van der Waals surface area contributed by atoms with Gasteiger partial charge in [-0.15, -0.1) is 11.3 Å². The van der Waals surface area contributed by atoms with Crippen LogP contribution in [0.25, 0.3) is 10.1 Å². The van der Waals surface area contributed by atoms with E-state index in [-0.39, 0.29) is 4.88 Å². The van der Waals surface area contributed by atoms with Crippen LogP contribution in [0.4, 0.5) is 13.2 Å². The monoisotopic (exact) mass is 280 g/mol. The van der Waals surface area contributed by atoms with Crippen molar-refractivity contribution in [2.45, 2.75) is 11.3 Å². The van der Waals surface area contributed by atoms with Crippen molar-refractivity contribution in [1.82, 2.24) is 0 Å². The topological polar surface area (TPSA) is 34.1 Å². The first-order valence-electron chi connectivity index (χ1n) is 4.56. The second-order valence-electron chi connectivity index (χ2n) is 3.46. The molecule has 0 atom stereocenters. The molecule has 2 aromatic rings. The summed E-state index contributed by atoms with van der Waals surface area (Å²) in [5.74, 6) is -0.990. The maximum Gasteiger partial charge on any atom is 0.497 e. The number of hydrogen-bond donors (Lipinski definition) is 0. The van der Waals surface area contributed by atoms with E-state index in [1.54, 1.807) is 24.3 Å². The molecule has 2 rings (SSSR count). The molecule has 0 spiro atoms. The zero-order chi connectivity index (χ0) is 12.7. The third kappa shape index (κ3) is 2.44. The minimum absolute atomic E-state index is 0.198. The van der Waals surface area contributed by atoms with E-state index in [9.17, 15) is 21.6 Å². The zero-order valence-electron chi connectivity index (χ0n) is 8.36. The Morgan fingerprint density at radius 1 is 1.18 bits per heavy atom. The van der Waals surface area contributed by atoms with Gasteiger partial charge in [-0.05, 0) is 17.5 Å². The van der Waals surface area contributed by atoms with Gasteiger partial charge in [0.05, 0.1) is 5.75 Å². The Balaban J connectivity index is 2.37. The average Bonchev–Trinajstić information content (AvgIpc) is 2.56. The Bertz CT molecular complexity index is 608. The molecular formula is C10H7F3O2S2. The highest BCUT2D eigenvalue weighted by molar-refractivity contribution is 7.91. The first kappa shape index (κ1) is 12.4. The molecule has 17 heavy (non-hydrogen) atoms. The Morgan fingerprint density at radius 3 is 2.41 bits per heavy atom. The number of rotatable bonds is 2. The van der Waals surface area contributed by atoms with Crippen molar-refractivity contribution in [1.29, 1.82) is 0 Å². The molecule has 2 nitrogen and oxygen atoms in total. The van der Waals surface area contributed by atoms with Crippen LogP contribution in [0, 0.1) is 0 Å². The number of thiophene rings is 1. The summed E-state index contributed by atoms with van der Waals surface area (Å²) in [5, 5.41) is 0.755. The Labute approximate surface area is 99.6 Å². The van der Waals surface area contributed by atoms with Crippen LogP contribution in [0.5, 0.6) is 0 Å². The van der Waals surface area contributed by atoms with Crippen molar-refractivity contribution >= 4 is 31.3 Å². The lowest BCUT2D eigenvalue weighted by Crippen LogP contribution is -2.24. The smallest absolute Gasteiger partial charge is 0.219 e. The molecule has 0 radical (unpaired) electrons. The molecule has 1 aromatic carbocycles. The van der Waals surface area contributed by atoms with Gasteiger partial charge >= 0.3 is 5.51 Å². The van der Waals surface area contributed by atoms with Crippen molar-refractivity contribution in [3.8, 4) is 0 Å². The lowest BCUT2D eigenvalue weighted by atomic mass is 10.2. The number of fused-ring (bicyclic) bond motifs is 1. The molecule has 7 heteroatoms. The summed E-state index contributed by atoms with van der Waals surface area (Å²) >= 11 is 1.06.